The fourth-order valence-electron chi connectivity index (χ4n) is 2.32. The molecule has 6 nitrogen and oxygen atoms in total. The van der Waals surface area contributed by atoms with Gasteiger partial charge in [0.05, 0.1) is 12.5 Å². The number of hydrogen-bond donors (Lipinski definition) is 1. The Kier molecular flexibility index (Phi) is 7.61. The molecule has 138 valence electrons. The van der Waals surface area contributed by atoms with E-state index >= 15 is 0 Å². The quantitative estimate of drug-likeness (QED) is 0.573. The molecule has 0 heterocycles. The van der Waals surface area contributed by atoms with E-state index in [1.165, 1.54) is 0 Å². The number of carboxylic acids is 1. The number of carboxylic acid groups (broad SMARTS) is 1. The molecule has 0 aromatic heterocycles. The Hall–Kier alpha value is -2.37. The fourth-order valence-corrected chi connectivity index (χ4v) is 2.32. The van der Waals surface area contributed by atoms with E-state index in [9.17, 15) is 19.5 Å². The molecule has 1 N–H and O–H groups in total. The number of hydrogen-bond acceptors (Lipinski definition) is 5. The summed E-state index contributed by atoms with van der Waals surface area (Å²) in [6, 6.07) is 8.93. The van der Waals surface area contributed by atoms with E-state index in [0.29, 0.717) is 6.42 Å². The minimum Gasteiger partial charge on any atom is -0.481 e. The highest BCUT2D eigenvalue weighted by molar-refractivity contribution is 5.98. The molecule has 0 saturated heterocycles. The van der Waals surface area contributed by atoms with E-state index in [2.05, 4.69) is 0 Å². The molecule has 0 bridgehead atoms. The summed E-state index contributed by atoms with van der Waals surface area (Å²) in [5, 5.41) is 9.55. The van der Waals surface area contributed by atoms with Crippen LogP contribution in [0.3, 0.4) is 0 Å². The Bertz CT molecular complexity index is 588. The number of esters is 2. The molecule has 0 fully saturated rings. The minimum atomic E-state index is -1.62. The molecule has 0 radical (unpaired) electrons. The first-order valence-corrected chi connectivity index (χ1v) is 8.32. The monoisotopic (exact) mass is 350 g/mol. The summed E-state index contributed by atoms with van der Waals surface area (Å²) in [6.45, 7) is 6.94. The van der Waals surface area contributed by atoms with Gasteiger partial charge in [-0.05, 0) is 39.2 Å². The van der Waals surface area contributed by atoms with Crippen LogP contribution in [0.1, 0.15) is 39.7 Å². The van der Waals surface area contributed by atoms with E-state index in [4.69, 9.17) is 9.47 Å². The van der Waals surface area contributed by atoms with Crippen LogP contribution in [-0.2, 0) is 30.3 Å². The molecule has 0 spiro atoms. The van der Waals surface area contributed by atoms with Gasteiger partial charge in [0.25, 0.3) is 0 Å². The Morgan fingerprint density at radius 3 is 2.16 bits per heavy atom. The Morgan fingerprint density at radius 1 is 1.08 bits per heavy atom. The fraction of sp³-hybridized carbons (Fsp3) is 0.526. The summed E-state index contributed by atoms with van der Waals surface area (Å²) in [5.74, 6) is -5.81. The molecular formula is C19H26O6. The van der Waals surface area contributed by atoms with Crippen LogP contribution in [0.15, 0.2) is 30.3 Å². The van der Waals surface area contributed by atoms with Crippen LogP contribution in [-0.4, -0.2) is 35.2 Å². The standard InChI is InChI=1S/C19H26O6/c1-5-11-24-17(22)14(12-13-9-7-6-8-10-13)15(16(20)21)18(23)25-19(2,3)4/h6-10,14-15H,5,11-12H2,1-4H3,(H,20,21). The minimum absolute atomic E-state index is 0.0829. The highest BCUT2D eigenvalue weighted by Gasteiger charge is 2.42. The van der Waals surface area contributed by atoms with E-state index in [-0.39, 0.29) is 13.0 Å². The molecule has 0 aliphatic heterocycles. The Labute approximate surface area is 148 Å². The van der Waals surface area contributed by atoms with Gasteiger partial charge in [-0.25, -0.2) is 0 Å². The molecule has 2 unspecified atom stereocenters. The number of benzene rings is 1. The van der Waals surface area contributed by atoms with Crippen LogP contribution in [0, 0.1) is 11.8 Å². The third kappa shape index (κ3) is 6.95. The number of ether oxygens (including phenoxy) is 2. The molecule has 0 saturated carbocycles. The first-order valence-electron chi connectivity index (χ1n) is 8.32. The molecule has 1 rings (SSSR count). The predicted octanol–water partition coefficient (Wildman–Crippen LogP) is 2.84. The van der Waals surface area contributed by atoms with Crippen molar-refractivity contribution in [1.29, 1.82) is 0 Å². The van der Waals surface area contributed by atoms with Gasteiger partial charge in [-0.3, -0.25) is 14.4 Å². The molecular weight excluding hydrogens is 324 g/mol. The highest BCUT2D eigenvalue weighted by Crippen LogP contribution is 2.24. The second-order valence-electron chi connectivity index (χ2n) is 6.81. The van der Waals surface area contributed by atoms with Crippen molar-refractivity contribution >= 4 is 17.9 Å². The first-order chi connectivity index (χ1) is 11.7. The zero-order valence-corrected chi connectivity index (χ0v) is 15.2. The van der Waals surface area contributed by atoms with Crippen LogP contribution in [0.4, 0.5) is 0 Å². The van der Waals surface area contributed by atoms with Crippen molar-refractivity contribution in [2.75, 3.05) is 6.61 Å². The van der Waals surface area contributed by atoms with Gasteiger partial charge in [-0.2, -0.15) is 0 Å². The second-order valence-corrected chi connectivity index (χ2v) is 6.81. The van der Waals surface area contributed by atoms with Crippen LogP contribution < -0.4 is 0 Å². The summed E-state index contributed by atoms with van der Waals surface area (Å²) in [4.78, 5) is 36.6. The van der Waals surface area contributed by atoms with E-state index in [1.54, 1.807) is 45.0 Å². The predicted molar refractivity (Wildman–Crippen MR) is 91.9 cm³/mol. The third-order valence-corrected chi connectivity index (χ3v) is 3.38. The summed E-state index contributed by atoms with van der Waals surface area (Å²) in [6.07, 6.45) is 0.688. The van der Waals surface area contributed by atoms with E-state index in [0.717, 1.165) is 5.56 Å². The van der Waals surface area contributed by atoms with Gasteiger partial charge in [0.1, 0.15) is 5.60 Å². The van der Waals surface area contributed by atoms with Crippen LogP contribution in [0.2, 0.25) is 0 Å². The van der Waals surface area contributed by atoms with Gasteiger partial charge in [0, 0.05) is 0 Å². The molecule has 25 heavy (non-hydrogen) atoms. The lowest BCUT2D eigenvalue weighted by Gasteiger charge is -2.26. The van der Waals surface area contributed by atoms with Gasteiger partial charge in [0.2, 0.25) is 0 Å². The maximum absolute atomic E-state index is 12.4. The van der Waals surface area contributed by atoms with Crippen molar-refractivity contribution in [2.24, 2.45) is 11.8 Å². The summed E-state index contributed by atoms with van der Waals surface area (Å²) in [5.41, 5.74) is -0.106. The number of aliphatic carboxylic acids is 1. The van der Waals surface area contributed by atoms with E-state index < -0.39 is 35.3 Å². The van der Waals surface area contributed by atoms with Crippen LogP contribution in [0.5, 0.6) is 0 Å². The Balaban J connectivity index is 3.13. The highest BCUT2D eigenvalue weighted by atomic mass is 16.6. The van der Waals surface area contributed by atoms with Gasteiger partial charge in [-0.15, -0.1) is 0 Å². The zero-order valence-electron chi connectivity index (χ0n) is 15.2. The van der Waals surface area contributed by atoms with Crippen LogP contribution >= 0.6 is 0 Å². The van der Waals surface area contributed by atoms with Gasteiger partial charge >= 0.3 is 17.9 Å². The molecule has 6 heteroatoms. The first kappa shape index (κ1) is 20.7. The van der Waals surface area contributed by atoms with Crippen molar-refractivity contribution in [2.45, 2.75) is 46.1 Å². The van der Waals surface area contributed by atoms with Crippen molar-refractivity contribution in [1.82, 2.24) is 0 Å². The SMILES string of the molecule is CCCOC(=O)C(Cc1ccccc1)C(C(=O)O)C(=O)OC(C)(C)C. The van der Waals surface area contributed by atoms with Crippen molar-refractivity contribution < 1.29 is 29.0 Å². The number of rotatable bonds is 8. The molecule has 0 amide bonds. The topological polar surface area (TPSA) is 89.9 Å². The van der Waals surface area contributed by atoms with E-state index in [1.807, 2.05) is 13.0 Å². The molecule has 0 aliphatic rings. The largest absolute Gasteiger partial charge is 0.481 e. The van der Waals surface area contributed by atoms with Gasteiger partial charge in [-0.1, -0.05) is 37.3 Å². The molecule has 2 atom stereocenters. The summed E-state index contributed by atoms with van der Waals surface area (Å²) < 4.78 is 10.3. The van der Waals surface area contributed by atoms with Crippen LogP contribution in [0.25, 0.3) is 0 Å². The molecule has 1 aromatic carbocycles. The van der Waals surface area contributed by atoms with Crippen molar-refractivity contribution in [3.8, 4) is 0 Å². The van der Waals surface area contributed by atoms with Gasteiger partial charge in [0.15, 0.2) is 5.92 Å². The number of carbonyl (C=O) groups excluding carboxylic acids is 2. The normalized spacial score (nSPS) is 13.6. The Morgan fingerprint density at radius 2 is 1.68 bits per heavy atom. The lowest BCUT2D eigenvalue weighted by atomic mass is 9.86. The average molecular weight is 350 g/mol. The molecule has 0 aliphatic carbocycles. The summed E-state index contributed by atoms with van der Waals surface area (Å²) >= 11 is 0. The lowest BCUT2D eigenvalue weighted by molar-refractivity contribution is -0.175. The lowest BCUT2D eigenvalue weighted by Crippen LogP contribution is -2.41. The zero-order chi connectivity index (χ0) is 19.0. The van der Waals surface area contributed by atoms with Crippen molar-refractivity contribution in [3.05, 3.63) is 35.9 Å². The van der Waals surface area contributed by atoms with Crippen molar-refractivity contribution in [3.63, 3.8) is 0 Å². The number of carbonyl (C=O) groups is 3. The molecule has 1 aromatic rings. The third-order valence-electron chi connectivity index (χ3n) is 3.38. The maximum Gasteiger partial charge on any atom is 0.321 e. The second kappa shape index (κ2) is 9.20. The average Bonchev–Trinajstić information content (AvgIpc) is 2.50. The van der Waals surface area contributed by atoms with Gasteiger partial charge < -0.3 is 14.6 Å². The maximum atomic E-state index is 12.4. The summed E-state index contributed by atoms with van der Waals surface area (Å²) in [7, 11) is 0. The smallest absolute Gasteiger partial charge is 0.321 e.